The molecule has 1 aliphatic heterocycles. The van der Waals surface area contributed by atoms with Crippen molar-refractivity contribution in [2.45, 2.75) is 18.9 Å². The van der Waals surface area contributed by atoms with Crippen molar-refractivity contribution in [2.24, 2.45) is 4.99 Å². The summed E-state index contributed by atoms with van der Waals surface area (Å²) in [6.07, 6.45) is 1.11. The van der Waals surface area contributed by atoms with Crippen LogP contribution in [0.5, 0.6) is 5.75 Å². The molecule has 1 fully saturated rings. The molecule has 1 aromatic heterocycles. The van der Waals surface area contributed by atoms with Gasteiger partial charge in [0.05, 0.1) is 13.7 Å². The molecule has 7 heteroatoms. The smallest absolute Gasteiger partial charge is 0.193 e. The van der Waals surface area contributed by atoms with Crippen LogP contribution in [0.25, 0.3) is 11.3 Å². The number of ether oxygens (including phenoxy) is 1. The van der Waals surface area contributed by atoms with Crippen molar-refractivity contribution in [3.05, 3.63) is 71.9 Å². The van der Waals surface area contributed by atoms with E-state index in [4.69, 9.17) is 9.26 Å². The van der Waals surface area contributed by atoms with Gasteiger partial charge in [0.15, 0.2) is 11.7 Å². The Bertz CT molecular complexity index is 957. The summed E-state index contributed by atoms with van der Waals surface area (Å²) in [5.41, 5.74) is 3.22. The number of likely N-dealkylation sites (tertiary alicyclic amines) is 1. The van der Waals surface area contributed by atoms with Gasteiger partial charge < -0.3 is 19.5 Å². The Hall–Kier alpha value is -2.55. The Morgan fingerprint density at radius 2 is 1.97 bits per heavy atom. The average Bonchev–Trinajstić information content (AvgIpc) is 3.45. The van der Waals surface area contributed by atoms with Gasteiger partial charge in [-0.05, 0) is 24.1 Å². The Morgan fingerprint density at radius 1 is 1.20 bits per heavy atom. The number of hydrogen-bond donors (Lipinski definition) is 1. The highest BCUT2D eigenvalue weighted by molar-refractivity contribution is 14.0. The monoisotopic (exact) mass is 518 g/mol. The van der Waals surface area contributed by atoms with Crippen molar-refractivity contribution in [2.75, 3.05) is 27.2 Å². The number of benzene rings is 2. The third kappa shape index (κ3) is 5.13. The SMILES string of the molecule is CN=C(NCc1cc(-c2ccccc2)on1)N1CCC(c2ccc(OC)cc2)C1.I. The summed E-state index contributed by atoms with van der Waals surface area (Å²) in [5.74, 6) is 3.06. The quantitative estimate of drug-likeness (QED) is 0.306. The average molecular weight is 518 g/mol. The fourth-order valence-corrected chi connectivity index (χ4v) is 3.74. The van der Waals surface area contributed by atoms with E-state index in [2.05, 4.69) is 32.5 Å². The van der Waals surface area contributed by atoms with E-state index in [0.29, 0.717) is 12.5 Å². The summed E-state index contributed by atoms with van der Waals surface area (Å²) in [6.45, 7) is 2.50. The van der Waals surface area contributed by atoms with Gasteiger partial charge in [-0.1, -0.05) is 47.6 Å². The third-order valence-electron chi connectivity index (χ3n) is 5.33. The first-order chi connectivity index (χ1) is 14.3. The topological polar surface area (TPSA) is 62.9 Å². The Balaban J connectivity index is 0.00000256. The largest absolute Gasteiger partial charge is 0.497 e. The summed E-state index contributed by atoms with van der Waals surface area (Å²) >= 11 is 0. The molecule has 0 spiro atoms. The molecule has 1 atom stereocenters. The molecule has 1 N–H and O–H groups in total. The van der Waals surface area contributed by atoms with Gasteiger partial charge in [0.1, 0.15) is 11.4 Å². The molecule has 30 heavy (non-hydrogen) atoms. The molecule has 0 radical (unpaired) electrons. The van der Waals surface area contributed by atoms with Crippen LogP contribution in [0.1, 0.15) is 23.6 Å². The van der Waals surface area contributed by atoms with Gasteiger partial charge in [-0.2, -0.15) is 0 Å². The Labute approximate surface area is 194 Å². The van der Waals surface area contributed by atoms with Gasteiger partial charge in [0.25, 0.3) is 0 Å². The molecule has 2 aromatic carbocycles. The summed E-state index contributed by atoms with van der Waals surface area (Å²) < 4.78 is 10.7. The van der Waals surface area contributed by atoms with Crippen LogP contribution < -0.4 is 10.1 Å². The number of aliphatic imine (C=N–C) groups is 1. The van der Waals surface area contributed by atoms with Crippen molar-refractivity contribution in [1.82, 2.24) is 15.4 Å². The lowest BCUT2D eigenvalue weighted by molar-refractivity contribution is 0.414. The normalized spacial score (nSPS) is 16.3. The minimum absolute atomic E-state index is 0. The maximum atomic E-state index is 5.48. The van der Waals surface area contributed by atoms with E-state index in [1.165, 1.54) is 5.56 Å². The fraction of sp³-hybridized carbons (Fsp3) is 0.304. The molecule has 0 aliphatic carbocycles. The van der Waals surface area contributed by atoms with E-state index in [1.54, 1.807) is 7.11 Å². The third-order valence-corrected chi connectivity index (χ3v) is 5.33. The predicted octanol–water partition coefficient (Wildman–Crippen LogP) is 4.53. The highest BCUT2D eigenvalue weighted by atomic mass is 127. The first-order valence-corrected chi connectivity index (χ1v) is 9.87. The van der Waals surface area contributed by atoms with Crippen molar-refractivity contribution < 1.29 is 9.26 Å². The highest BCUT2D eigenvalue weighted by Crippen LogP contribution is 2.28. The zero-order valence-corrected chi connectivity index (χ0v) is 19.6. The van der Waals surface area contributed by atoms with Crippen LogP contribution in [-0.2, 0) is 6.54 Å². The highest BCUT2D eigenvalue weighted by Gasteiger charge is 2.26. The fourth-order valence-electron chi connectivity index (χ4n) is 3.74. The lowest BCUT2D eigenvalue weighted by Crippen LogP contribution is -2.39. The van der Waals surface area contributed by atoms with Gasteiger partial charge in [0.2, 0.25) is 0 Å². The van der Waals surface area contributed by atoms with Crippen molar-refractivity contribution in [3.8, 4) is 17.1 Å². The molecule has 0 bridgehead atoms. The van der Waals surface area contributed by atoms with E-state index in [-0.39, 0.29) is 24.0 Å². The lowest BCUT2D eigenvalue weighted by atomic mass is 9.98. The minimum Gasteiger partial charge on any atom is -0.497 e. The van der Waals surface area contributed by atoms with Gasteiger partial charge in [-0.15, -0.1) is 24.0 Å². The number of guanidine groups is 1. The van der Waals surface area contributed by atoms with Crippen LogP contribution in [-0.4, -0.2) is 43.3 Å². The van der Waals surface area contributed by atoms with Crippen LogP contribution >= 0.6 is 24.0 Å². The van der Waals surface area contributed by atoms with Crippen molar-refractivity contribution in [1.29, 1.82) is 0 Å². The zero-order chi connectivity index (χ0) is 20.1. The van der Waals surface area contributed by atoms with E-state index in [0.717, 1.165) is 48.2 Å². The molecular weight excluding hydrogens is 491 g/mol. The molecule has 0 saturated carbocycles. The van der Waals surface area contributed by atoms with E-state index in [9.17, 15) is 0 Å². The number of aromatic nitrogens is 1. The molecule has 2 heterocycles. The number of nitrogens with zero attached hydrogens (tertiary/aromatic N) is 3. The molecule has 3 aromatic rings. The van der Waals surface area contributed by atoms with Gasteiger partial charge in [-0.3, -0.25) is 4.99 Å². The second kappa shape index (κ2) is 10.5. The Morgan fingerprint density at radius 3 is 2.67 bits per heavy atom. The second-order valence-corrected chi connectivity index (χ2v) is 7.15. The first kappa shape index (κ1) is 22.1. The maximum Gasteiger partial charge on any atom is 0.193 e. The lowest BCUT2D eigenvalue weighted by Gasteiger charge is -2.21. The summed E-state index contributed by atoms with van der Waals surface area (Å²) in [7, 11) is 3.51. The maximum absolute atomic E-state index is 5.48. The molecule has 0 amide bonds. The Kier molecular flexibility index (Phi) is 7.73. The van der Waals surface area contributed by atoms with E-state index < -0.39 is 0 Å². The molecule has 6 nitrogen and oxygen atoms in total. The van der Waals surface area contributed by atoms with Crippen LogP contribution in [0.15, 0.2) is 70.2 Å². The summed E-state index contributed by atoms with van der Waals surface area (Å²) in [6, 6.07) is 20.3. The van der Waals surface area contributed by atoms with E-state index >= 15 is 0 Å². The molecule has 4 rings (SSSR count). The van der Waals surface area contributed by atoms with Crippen LogP contribution in [0, 0.1) is 0 Å². The first-order valence-electron chi connectivity index (χ1n) is 9.87. The zero-order valence-electron chi connectivity index (χ0n) is 17.2. The van der Waals surface area contributed by atoms with Crippen molar-refractivity contribution >= 4 is 29.9 Å². The molecular formula is C23H27IN4O2. The van der Waals surface area contributed by atoms with Crippen LogP contribution in [0.3, 0.4) is 0 Å². The van der Waals surface area contributed by atoms with Gasteiger partial charge >= 0.3 is 0 Å². The number of hydrogen-bond acceptors (Lipinski definition) is 4. The van der Waals surface area contributed by atoms with Crippen LogP contribution in [0.2, 0.25) is 0 Å². The predicted molar refractivity (Wildman–Crippen MR) is 129 cm³/mol. The molecule has 1 aliphatic rings. The van der Waals surface area contributed by atoms with E-state index in [1.807, 2.05) is 55.6 Å². The molecule has 1 saturated heterocycles. The molecule has 158 valence electrons. The number of nitrogens with one attached hydrogen (secondary N) is 1. The van der Waals surface area contributed by atoms with Crippen molar-refractivity contribution in [3.63, 3.8) is 0 Å². The van der Waals surface area contributed by atoms with Crippen LogP contribution in [0.4, 0.5) is 0 Å². The van der Waals surface area contributed by atoms with Gasteiger partial charge in [-0.25, -0.2) is 0 Å². The molecule has 1 unspecified atom stereocenters. The van der Waals surface area contributed by atoms with Gasteiger partial charge in [0, 0.05) is 37.7 Å². The second-order valence-electron chi connectivity index (χ2n) is 7.15. The standard InChI is InChI=1S/C23H26N4O2.HI/c1-24-23(25-15-20-14-22(29-26-20)18-6-4-3-5-7-18)27-13-12-19(16-27)17-8-10-21(28-2)11-9-17;/h3-11,14,19H,12-13,15-16H2,1-2H3,(H,24,25);1H. The number of methoxy groups -OCH3 is 1. The summed E-state index contributed by atoms with van der Waals surface area (Å²) in [4.78, 5) is 6.76. The minimum atomic E-state index is 0. The number of rotatable bonds is 5. The summed E-state index contributed by atoms with van der Waals surface area (Å²) in [5, 5.41) is 7.60. The number of halogens is 1.